The predicted octanol–water partition coefficient (Wildman–Crippen LogP) is 2.63. The molecule has 2 N–H and O–H groups in total. The van der Waals surface area contributed by atoms with Crippen LogP contribution in [-0.4, -0.2) is 19.8 Å². The lowest BCUT2D eigenvalue weighted by atomic mass is 10.0. The highest BCUT2D eigenvalue weighted by Gasteiger charge is 2.25. The molecule has 0 amide bonds. The molecule has 4 nitrogen and oxygen atoms in total. The van der Waals surface area contributed by atoms with Crippen LogP contribution in [0.5, 0.6) is 17.2 Å². The van der Waals surface area contributed by atoms with Gasteiger partial charge in [0.05, 0.1) is 25.2 Å². The number of nitrogens with two attached hydrogens (primary N) is 1. The lowest BCUT2D eigenvalue weighted by Crippen LogP contribution is -2.11. The third kappa shape index (κ3) is 2.21. The van der Waals surface area contributed by atoms with Gasteiger partial charge in [-0.05, 0) is 18.2 Å². The molecular weight excluding hydrogens is 266 g/mol. The third-order valence-electron chi connectivity index (χ3n) is 4.05. The summed E-state index contributed by atoms with van der Waals surface area (Å²) in [6.45, 7) is 1.82. The molecule has 108 valence electrons. The maximum Gasteiger partial charge on any atom is 0.127 e. The maximum atomic E-state index is 5.94. The van der Waals surface area contributed by atoms with Crippen molar-refractivity contribution >= 4 is 0 Å². The van der Waals surface area contributed by atoms with Gasteiger partial charge in [-0.25, -0.2) is 0 Å². The summed E-state index contributed by atoms with van der Waals surface area (Å²) in [7, 11) is 0. The zero-order valence-electron chi connectivity index (χ0n) is 11.6. The number of hydrogen-bond acceptors (Lipinski definition) is 4. The molecule has 2 aromatic carbocycles. The SMILES string of the molecule is NC1COc2cc(OCC3COc4ccccc43)ccc21. The Morgan fingerprint density at radius 1 is 1.00 bits per heavy atom. The first kappa shape index (κ1) is 12.5. The van der Waals surface area contributed by atoms with Crippen LogP contribution in [0.4, 0.5) is 0 Å². The molecule has 0 spiro atoms. The van der Waals surface area contributed by atoms with Crippen molar-refractivity contribution in [3.63, 3.8) is 0 Å². The van der Waals surface area contributed by atoms with Crippen molar-refractivity contribution in [3.05, 3.63) is 53.6 Å². The lowest BCUT2D eigenvalue weighted by molar-refractivity contribution is 0.247. The highest BCUT2D eigenvalue weighted by molar-refractivity contribution is 5.45. The zero-order chi connectivity index (χ0) is 14.2. The summed E-state index contributed by atoms with van der Waals surface area (Å²) in [6, 6.07) is 14.0. The van der Waals surface area contributed by atoms with Crippen molar-refractivity contribution in [1.29, 1.82) is 0 Å². The van der Waals surface area contributed by atoms with E-state index in [0.29, 0.717) is 19.8 Å². The van der Waals surface area contributed by atoms with Crippen LogP contribution in [-0.2, 0) is 0 Å². The van der Waals surface area contributed by atoms with Gasteiger partial charge < -0.3 is 19.9 Å². The minimum absolute atomic E-state index is 0.0239. The molecule has 4 rings (SSSR count). The zero-order valence-corrected chi connectivity index (χ0v) is 11.6. The van der Waals surface area contributed by atoms with Crippen LogP contribution in [0, 0.1) is 0 Å². The molecular formula is C17H17NO3. The van der Waals surface area contributed by atoms with Gasteiger partial charge >= 0.3 is 0 Å². The fraction of sp³-hybridized carbons (Fsp3) is 0.294. The van der Waals surface area contributed by atoms with Crippen LogP contribution in [0.25, 0.3) is 0 Å². The van der Waals surface area contributed by atoms with Gasteiger partial charge in [0.2, 0.25) is 0 Å². The Balaban J connectivity index is 1.46. The number of para-hydroxylation sites is 1. The van der Waals surface area contributed by atoms with Gasteiger partial charge in [-0.2, -0.15) is 0 Å². The molecule has 2 heterocycles. The molecule has 2 unspecified atom stereocenters. The fourth-order valence-corrected chi connectivity index (χ4v) is 2.87. The van der Waals surface area contributed by atoms with Gasteiger partial charge in [0.1, 0.15) is 23.9 Å². The molecule has 2 aromatic rings. The highest BCUT2D eigenvalue weighted by atomic mass is 16.5. The molecule has 0 aromatic heterocycles. The van der Waals surface area contributed by atoms with E-state index in [1.165, 1.54) is 5.56 Å². The monoisotopic (exact) mass is 283 g/mol. The van der Waals surface area contributed by atoms with Gasteiger partial charge in [-0.1, -0.05) is 18.2 Å². The quantitative estimate of drug-likeness (QED) is 0.941. The van der Waals surface area contributed by atoms with E-state index in [9.17, 15) is 0 Å². The van der Waals surface area contributed by atoms with Gasteiger partial charge in [0, 0.05) is 17.2 Å². The topological polar surface area (TPSA) is 53.7 Å². The van der Waals surface area contributed by atoms with Crippen LogP contribution in [0.15, 0.2) is 42.5 Å². The van der Waals surface area contributed by atoms with Crippen molar-refractivity contribution in [2.75, 3.05) is 19.8 Å². The Bertz CT molecular complexity index is 671. The minimum atomic E-state index is -0.0239. The van der Waals surface area contributed by atoms with E-state index in [2.05, 4.69) is 6.07 Å². The number of hydrogen-bond donors (Lipinski definition) is 1. The average Bonchev–Trinajstić information content (AvgIpc) is 3.09. The molecule has 0 radical (unpaired) electrons. The Morgan fingerprint density at radius 3 is 2.81 bits per heavy atom. The fourth-order valence-electron chi connectivity index (χ4n) is 2.87. The van der Waals surface area contributed by atoms with Gasteiger partial charge in [0.15, 0.2) is 0 Å². The second kappa shape index (κ2) is 4.97. The van der Waals surface area contributed by atoms with Crippen molar-refractivity contribution in [1.82, 2.24) is 0 Å². The molecule has 0 aliphatic carbocycles. The van der Waals surface area contributed by atoms with E-state index in [-0.39, 0.29) is 12.0 Å². The Morgan fingerprint density at radius 2 is 1.86 bits per heavy atom. The Kier molecular flexibility index (Phi) is 2.97. The van der Waals surface area contributed by atoms with Crippen LogP contribution in [0.3, 0.4) is 0 Å². The summed E-state index contributed by atoms with van der Waals surface area (Å²) < 4.78 is 17.1. The average molecular weight is 283 g/mol. The van der Waals surface area contributed by atoms with Crippen LogP contribution >= 0.6 is 0 Å². The minimum Gasteiger partial charge on any atom is -0.493 e. The Labute approximate surface area is 123 Å². The van der Waals surface area contributed by atoms with E-state index in [1.54, 1.807) is 0 Å². The first-order valence-corrected chi connectivity index (χ1v) is 7.18. The molecule has 0 bridgehead atoms. The predicted molar refractivity (Wildman–Crippen MR) is 79.0 cm³/mol. The first-order valence-electron chi connectivity index (χ1n) is 7.18. The van der Waals surface area contributed by atoms with E-state index in [4.69, 9.17) is 19.9 Å². The normalized spacial score (nSPS) is 22.1. The molecule has 0 saturated heterocycles. The smallest absolute Gasteiger partial charge is 0.127 e. The summed E-state index contributed by atoms with van der Waals surface area (Å²) in [4.78, 5) is 0. The molecule has 2 aliphatic rings. The van der Waals surface area contributed by atoms with E-state index >= 15 is 0 Å². The Hall–Kier alpha value is -2.20. The van der Waals surface area contributed by atoms with Crippen LogP contribution < -0.4 is 19.9 Å². The standard InChI is InChI=1S/C17H17NO3/c18-15-10-21-17-7-12(5-6-14(15)17)19-8-11-9-20-16-4-2-1-3-13(11)16/h1-7,11,15H,8-10,18H2. The summed E-state index contributed by atoms with van der Waals surface area (Å²) in [5, 5.41) is 0. The van der Waals surface area contributed by atoms with Crippen molar-refractivity contribution < 1.29 is 14.2 Å². The van der Waals surface area contributed by atoms with Gasteiger partial charge in [-0.3, -0.25) is 0 Å². The number of rotatable bonds is 3. The number of benzene rings is 2. The first-order chi connectivity index (χ1) is 10.3. The van der Waals surface area contributed by atoms with E-state index < -0.39 is 0 Å². The van der Waals surface area contributed by atoms with Crippen LogP contribution in [0.1, 0.15) is 23.1 Å². The molecule has 0 fully saturated rings. The van der Waals surface area contributed by atoms with Crippen molar-refractivity contribution in [3.8, 4) is 17.2 Å². The van der Waals surface area contributed by atoms with Crippen LogP contribution in [0.2, 0.25) is 0 Å². The highest BCUT2D eigenvalue weighted by Crippen LogP contribution is 2.36. The van der Waals surface area contributed by atoms with E-state index in [1.807, 2.05) is 36.4 Å². The molecule has 0 saturated carbocycles. The molecule has 4 heteroatoms. The summed E-state index contributed by atoms with van der Waals surface area (Å²) in [5.74, 6) is 2.89. The third-order valence-corrected chi connectivity index (χ3v) is 4.05. The summed E-state index contributed by atoms with van der Waals surface area (Å²) >= 11 is 0. The lowest BCUT2D eigenvalue weighted by Gasteiger charge is -2.12. The summed E-state index contributed by atoms with van der Waals surface area (Å²) in [6.07, 6.45) is 0. The maximum absolute atomic E-state index is 5.94. The largest absolute Gasteiger partial charge is 0.493 e. The van der Waals surface area contributed by atoms with Gasteiger partial charge in [0.25, 0.3) is 0 Å². The van der Waals surface area contributed by atoms with Crippen molar-refractivity contribution in [2.24, 2.45) is 5.73 Å². The van der Waals surface area contributed by atoms with Crippen molar-refractivity contribution in [2.45, 2.75) is 12.0 Å². The second-order valence-corrected chi connectivity index (χ2v) is 5.47. The number of fused-ring (bicyclic) bond motifs is 2. The number of ether oxygens (including phenoxy) is 3. The second-order valence-electron chi connectivity index (χ2n) is 5.47. The summed E-state index contributed by atoms with van der Waals surface area (Å²) in [5.41, 5.74) is 8.21. The van der Waals surface area contributed by atoms with Gasteiger partial charge in [-0.15, -0.1) is 0 Å². The van der Waals surface area contributed by atoms with E-state index in [0.717, 1.165) is 22.8 Å². The molecule has 2 aliphatic heterocycles. The molecule has 21 heavy (non-hydrogen) atoms. The molecule has 2 atom stereocenters.